The molecule has 4 rings (SSSR count). The molecule has 0 aliphatic rings. The molecule has 2 N–H and O–H groups in total. The van der Waals surface area contributed by atoms with E-state index in [0.717, 1.165) is 22.2 Å². The van der Waals surface area contributed by atoms with E-state index < -0.39 is 0 Å². The van der Waals surface area contributed by atoms with E-state index in [4.69, 9.17) is 4.98 Å². The Bertz CT molecular complexity index is 1240. The van der Waals surface area contributed by atoms with E-state index in [9.17, 15) is 9.59 Å². The number of aryl methyl sites for hydroxylation is 1. The second-order valence-corrected chi connectivity index (χ2v) is 7.49. The van der Waals surface area contributed by atoms with Crippen molar-refractivity contribution in [1.29, 1.82) is 0 Å². The lowest BCUT2D eigenvalue weighted by molar-refractivity contribution is -0.113. The third-order valence-corrected chi connectivity index (χ3v) is 5.50. The van der Waals surface area contributed by atoms with Gasteiger partial charge in [-0.15, -0.1) is 0 Å². The van der Waals surface area contributed by atoms with Crippen LogP contribution in [0.25, 0.3) is 21.9 Å². The van der Waals surface area contributed by atoms with Gasteiger partial charge in [-0.1, -0.05) is 42.1 Å². The van der Waals surface area contributed by atoms with E-state index >= 15 is 0 Å². The van der Waals surface area contributed by atoms with Crippen molar-refractivity contribution in [1.82, 2.24) is 14.5 Å². The van der Waals surface area contributed by atoms with Crippen molar-refractivity contribution in [2.45, 2.75) is 25.5 Å². The molecule has 2 aromatic heterocycles. The summed E-state index contributed by atoms with van der Waals surface area (Å²) >= 11 is 1.27. The lowest BCUT2D eigenvalue weighted by Gasteiger charge is -2.10. The molecule has 142 valence electrons. The Labute approximate surface area is 166 Å². The normalized spacial score (nSPS) is 11.2. The molecule has 0 aliphatic heterocycles. The Morgan fingerprint density at radius 1 is 1.21 bits per heavy atom. The molecule has 28 heavy (non-hydrogen) atoms. The van der Waals surface area contributed by atoms with Gasteiger partial charge >= 0.3 is 0 Å². The number of benzene rings is 2. The Morgan fingerprint density at radius 2 is 2.04 bits per heavy atom. The first-order chi connectivity index (χ1) is 13.6. The number of aromatic nitrogens is 3. The van der Waals surface area contributed by atoms with Gasteiger partial charge in [0.05, 0.1) is 5.75 Å². The van der Waals surface area contributed by atoms with Crippen molar-refractivity contribution in [2.24, 2.45) is 0 Å². The van der Waals surface area contributed by atoms with Crippen LogP contribution in [0.5, 0.6) is 0 Å². The summed E-state index contributed by atoms with van der Waals surface area (Å²) in [6, 6.07) is 15.4. The minimum Gasteiger partial charge on any atom is -0.349 e. The summed E-state index contributed by atoms with van der Waals surface area (Å²) < 4.78 is 1.60. The third kappa shape index (κ3) is 3.41. The van der Waals surface area contributed by atoms with Gasteiger partial charge in [0, 0.05) is 23.1 Å². The minimum atomic E-state index is -0.133. The van der Waals surface area contributed by atoms with Crippen LogP contribution >= 0.6 is 11.8 Å². The predicted octanol–water partition coefficient (Wildman–Crippen LogP) is 3.94. The van der Waals surface area contributed by atoms with Gasteiger partial charge in [-0.25, -0.2) is 4.98 Å². The molecule has 0 saturated carbocycles. The summed E-state index contributed by atoms with van der Waals surface area (Å²) in [6.07, 6.45) is 0. The number of hydrogen-bond donors (Lipinski definition) is 2. The van der Waals surface area contributed by atoms with E-state index in [2.05, 4.69) is 10.3 Å². The number of amides is 1. The number of aromatic amines is 1. The maximum Gasteiger partial charge on any atom is 0.278 e. The quantitative estimate of drug-likeness (QED) is 0.398. The lowest BCUT2D eigenvalue weighted by atomic mass is 10.2. The third-order valence-electron chi connectivity index (χ3n) is 4.53. The van der Waals surface area contributed by atoms with Crippen molar-refractivity contribution in [2.75, 3.05) is 11.1 Å². The van der Waals surface area contributed by atoms with Crippen molar-refractivity contribution in [3.05, 3.63) is 64.4 Å². The van der Waals surface area contributed by atoms with Crippen LogP contribution in [-0.4, -0.2) is 26.2 Å². The molecule has 7 heteroatoms. The number of anilines is 1. The minimum absolute atomic E-state index is 0.120. The average molecular weight is 392 g/mol. The molecule has 0 unspecified atom stereocenters. The van der Waals surface area contributed by atoms with Gasteiger partial charge in [0.2, 0.25) is 5.91 Å². The topological polar surface area (TPSA) is 79.8 Å². The summed E-state index contributed by atoms with van der Waals surface area (Å²) in [5, 5.41) is 4.34. The van der Waals surface area contributed by atoms with Crippen LogP contribution in [0.1, 0.15) is 12.5 Å². The summed E-state index contributed by atoms with van der Waals surface area (Å²) in [5.74, 6) is 0.0420. The van der Waals surface area contributed by atoms with Gasteiger partial charge in [0.1, 0.15) is 11.0 Å². The number of carbonyl (C=O) groups is 1. The molecular weight excluding hydrogens is 372 g/mol. The van der Waals surface area contributed by atoms with E-state index in [-0.39, 0.29) is 17.2 Å². The van der Waals surface area contributed by atoms with Gasteiger partial charge in [0.15, 0.2) is 5.16 Å². The van der Waals surface area contributed by atoms with Gasteiger partial charge in [0.25, 0.3) is 5.56 Å². The first kappa shape index (κ1) is 18.3. The fourth-order valence-electron chi connectivity index (χ4n) is 3.21. The summed E-state index contributed by atoms with van der Waals surface area (Å²) in [4.78, 5) is 33.1. The summed E-state index contributed by atoms with van der Waals surface area (Å²) in [5.41, 5.74) is 3.74. The van der Waals surface area contributed by atoms with E-state index in [1.807, 2.05) is 62.4 Å². The van der Waals surface area contributed by atoms with Crippen molar-refractivity contribution in [3.63, 3.8) is 0 Å². The molecule has 6 nitrogen and oxygen atoms in total. The zero-order chi connectivity index (χ0) is 19.7. The van der Waals surface area contributed by atoms with E-state index in [0.29, 0.717) is 22.7 Å². The standard InChI is InChI=1S/C21H20N4O2S/c1-3-25-20(27)19-18(15-9-4-5-10-16(15)23-19)24-21(25)28-12-17(26)22-14-8-6-7-13(2)11-14/h4-11,23H,3,12H2,1-2H3,(H,22,26). The smallest absolute Gasteiger partial charge is 0.278 e. The molecule has 1 amide bonds. The predicted molar refractivity (Wildman–Crippen MR) is 114 cm³/mol. The molecule has 0 radical (unpaired) electrons. The Hall–Kier alpha value is -3.06. The second-order valence-electron chi connectivity index (χ2n) is 6.54. The summed E-state index contributed by atoms with van der Waals surface area (Å²) in [6.45, 7) is 4.36. The maximum atomic E-state index is 12.9. The number of carbonyl (C=O) groups excluding carboxylic acids is 1. The molecule has 4 aromatic rings. The highest BCUT2D eigenvalue weighted by Gasteiger charge is 2.16. The number of thioether (sulfide) groups is 1. The van der Waals surface area contributed by atoms with Crippen LogP contribution in [0.2, 0.25) is 0 Å². The molecule has 0 aliphatic carbocycles. The number of para-hydroxylation sites is 1. The Kier molecular flexibility index (Phi) is 4.92. The average Bonchev–Trinajstić information content (AvgIpc) is 3.06. The molecule has 2 aromatic carbocycles. The highest BCUT2D eigenvalue weighted by atomic mass is 32.2. The van der Waals surface area contributed by atoms with Gasteiger partial charge < -0.3 is 10.3 Å². The largest absolute Gasteiger partial charge is 0.349 e. The summed E-state index contributed by atoms with van der Waals surface area (Å²) in [7, 11) is 0. The zero-order valence-electron chi connectivity index (χ0n) is 15.7. The number of nitrogens with one attached hydrogen (secondary N) is 2. The van der Waals surface area contributed by atoms with E-state index in [1.54, 1.807) is 4.57 Å². The second kappa shape index (κ2) is 7.52. The fourth-order valence-corrected chi connectivity index (χ4v) is 4.07. The van der Waals surface area contributed by atoms with Gasteiger partial charge in [-0.3, -0.25) is 14.2 Å². The fraction of sp³-hybridized carbons (Fsp3) is 0.190. The molecule has 0 atom stereocenters. The van der Waals surface area contributed by atoms with Crippen molar-refractivity contribution in [3.8, 4) is 0 Å². The lowest BCUT2D eigenvalue weighted by Crippen LogP contribution is -2.23. The van der Waals surface area contributed by atoms with Gasteiger partial charge in [-0.2, -0.15) is 0 Å². The number of rotatable bonds is 5. The van der Waals surface area contributed by atoms with Crippen LogP contribution in [0.15, 0.2) is 58.5 Å². The van der Waals surface area contributed by atoms with Crippen LogP contribution in [0, 0.1) is 6.92 Å². The van der Waals surface area contributed by atoms with Crippen LogP contribution in [0.4, 0.5) is 5.69 Å². The molecule has 0 bridgehead atoms. The monoisotopic (exact) mass is 392 g/mol. The SMILES string of the molecule is CCn1c(SCC(=O)Nc2cccc(C)c2)nc2c([nH]c3ccccc32)c1=O. The highest BCUT2D eigenvalue weighted by molar-refractivity contribution is 7.99. The molecule has 0 spiro atoms. The van der Waals surface area contributed by atoms with E-state index in [1.165, 1.54) is 11.8 Å². The number of nitrogens with zero attached hydrogens (tertiary/aromatic N) is 2. The maximum absolute atomic E-state index is 12.9. The number of fused-ring (bicyclic) bond motifs is 3. The molecular formula is C21H20N4O2S. The van der Waals surface area contributed by atoms with Gasteiger partial charge in [-0.05, 0) is 37.6 Å². The first-order valence-corrected chi connectivity index (χ1v) is 10.1. The number of hydrogen-bond acceptors (Lipinski definition) is 4. The number of H-pyrrole nitrogens is 1. The molecule has 0 saturated heterocycles. The molecule has 0 fully saturated rings. The zero-order valence-corrected chi connectivity index (χ0v) is 16.5. The Morgan fingerprint density at radius 3 is 2.82 bits per heavy atom. The van der Waals surface area contributed by atoms with Crippen LogP contribution in [-0.2, 0) is 11.3 Å². The molecule has 2 heterocycles. The highest BCUT2D eigenvalue weighted by Crippen LogP contribution is 2.24. The van der Waals surface area contributed by atoms with Crippen molar-refractivity contribution < 1.29 is 4.79 Å². The van der Waals surface area contributed by atoms with Crippen molar-refractivity contribution >= 4 is 45.3 Å². The Balaban J connectivity index is 1.63. The first-order valence-electron chi connectivity index (χ1n) is 9.07. The van der Waals surface area contributed by atoms with Crippen LogP contribution < -0.4 is 10.9 Å². The van der Waals surface area contributed by atoms with Crippen LogP contribution in [0.3, 0.4) is 0 Å².